The first-order chi connectivity index (χ1) is 12.5. The monoisotopic (exact) mass is 374 g/mol. The second-order valence-electron chi connectivity index (χ2n) is 8.68. The van der Waals surface area contributed by atoms with Gasteiger partial charge in [-0.25, -0.2) is 9.59 Å². The Morgan fingerprint density at radius 3 is 2.56 bits per heavy atom. The molecule has 144 valence electrons. The van der Waals surface area contributed by atoms with Crippen LogP contribution in [0.3, 0.4) is 0 Å². The van der Waals surface area contributed by atoms with Gasteiger partial charge in [0.1, 0.15) is 5.60 Å². The van der Waals surface area contributed by atoms with E-state index in [-0.39, 0.29) is 11.6 Å². The van der Waals surface area contributed by atoms with Crippen LogP contribution in [-0.4, -0.2) is 53.3 Å². The summed E-state index contributed by atoms with van der Waals surface area (Å²) in [5, 5.41) is 2.79. The fraction of sp³-hybridized carbons (Fsp3) is 0.579. The van der Waals surface area contributed by atoms with Gasteiger partial charge in [-0.15, -0.1) is 0 Å². The van der Waals surface area contributed by atoms with Crippen LogP contribution in [0.15, 0.2) is 23.0 Å². The first kappa shape index (κ1) is 17.8. The highest BCUT2D eigenvalue weighted by atomic mass is 16.6. The lowest BCUT2D eigenvalue weighted by atomic mass is 9.80. The number of carbonyl (C=O) groups excluding carboxylic acids is 4. The van der Waals surface area contributed by atoms with Gasteiger partial charge in [-0.3, -0.25) is 14.5 Å². The van der Waals surface area contributed by atoms with Crippen molar-refractivity contribution in [1.29, 1.82) is 0 Å². The van der Waals surface area contributed by atoms with Crippen molar-refractivity contribution in [1.82, 2.24) is 10.2 Å². The third-order valence-corrected chi connectivity index (χ3v) is 5.73. The Hall–Kier alpha value is -2.64. The number of esters is 1. The van der Waals surface area contributed by atoms with Gasteiger partial charge in [-0.1, -0.05) is 0 Å². The number of Topliss-reactive ketones (excluding diaryl/α,β-unsaturated/α-hetero) is 1. The van der Waals surface area contributed by atoms with Gasteiger partial charge in [0.15, 0.2) is 11.3 Å². The van der Waals surface area contributed by atoms with Gasteiger partial charge in [0.05, 0.1) is 12.8 Å². The van der Waals surface area contributed by atoms with Crippen molar-refractivity contribution >= 4 is 23.6 Å². The third-order valence-electron chi connectivity index (χ3n) is 5.73. The van der Waals surface area contributed by atoms with Crippen LogP contribution in [0.1, 0.15) is 34.1 Å². The maximum atomic E-state index is 13.2. The van der Waals surface area contributed by atoms with Gasteiger partial charge in [-0.05, 0) is 40.0 Å². The molecule has 0 aromatic carbocycles. The van der Waals surface area contributed by atoms with E-state index in [4.69, 9.17) is 9.47 Å². The van der Waals surface area contributed by atoms with E-state index < -0.39 is 40.2 Å². The number of rotatable bonds is 1. The van der Waals surface area contributed by atoms with Crippen molar-refractivity contribution in [2.75, 3.05) is 13.7 Å². The Morgan fingerprint density at radius 2 is 1.96 bits per heavy atom. The minimum atomic E-state index is -1.63. The molecule has 2 heterocycles. The molecule has 8 nitrogen and oxygen atoms in total. The maximum Gasteiger partial charge on any atom is 0.414 e. The molecule has 0 aromatic rings. The molecule has 1 amide bonds. The van der Waals surface area contributed by atoms with Crippen LogP contribution in [0.4, 0.5) is 4.79 Å². The molecule has 27 heavy (non-hydrogen) atoms. The summed E-state index contributed by atoms with van der Waals surface area (Å²) in [4.78, 5) is 52.1. The molecular weight excluding hydrogens is 352 g/mol. The summed E-state index contributed by atoms with van der Waals surface area (Å²) in [5.41, 5.74) is -2.06. The molecule has 1 N–H and O–H groups in total. The molecule has 2 aliphatic carbocycles. The average Bonchev–Trinajstić information content (AvgIpc) is 3.07. The molecule has 0 unspecified atom stereocenters. The third kappa shape index (κ3) is 2.15. The number of amides is 1. The molecule has 1 saturated heterocycles. The molecule has 2 aliphatic heterocycles. The number of carbonyl (C=O) groups is 4. The van der Waals surface area contributed by atoms with Crippen molar-refractivity contribution in [3.63, 3.8) is 0 Å². The normalized spacial score (nSPS) is 33.7. The topological polar surface area (TPSA) is 102 Å². The van der Waals surface area contributed by atoms with Gasteiger partial charge < -0.3 is 14.8 Å². The van der Waals surface area contributed by atoms with Crippen LogP contribution in [0.2, 0.25) is 0 Å². The van der Waals surface area contributed by atoms with Crippen molar-refractivity contribution in [3.05, 3.63) is 23.0 Å². The lowest BCUT2D eigenvalue weighted by Gasteiger charge is -2.30. The molecule has 4 aliphatic rings. The molecule has 3 atom stereocenters. The lowest BCUT2D eigenvalue weighted by molar-refractivity contribution is -0.150. The van der Waals surface area contributed by atoms with E-state index in [2.05, 4.69) is 5.32 Å². The zero-order valence-corrected chi connectivity index (χ0v) is 16.0. The summed E-state index contributed by atoms with van der Waals surface area (Å²) in [7, 11) is 1.20. The number of ether oxygens (including phenoxy) is 2. The largest absolute Gasteiger partial charge is 0.467 e. The Morgan fingerprint density at radius 1 is 1.30 bits per heavy atom. The van der Waals surface area contributed by atoms with E-state index in [1.165, 1.54) is 25.0 Å². The molecule has 0 aromatic heterocycles. The summed E-state index contributed by atoms with van der Waals surface area (Å²) in [6, 6.07) is 0. The second-order valence-corrected chi connectivity index (χ2v) is 8.68. The Labute approximate surface area is 156 Å². The summed E-state index contributed by atoms with van der Waals surface area (Å²) < 4.78 is 10.2. The lowest BCUT2D eigenvalue weighted by Crippen LogP contribution is -2.52. The summed E-state index contributed by atoms with van der Waals surface area (Å²) >= 11 is 0. The predicted molar refractivity (Wildman–Crippen MR) is 92.2 cm³/mol. The van der Waals surface area contributed by atoms with Crippen molar-refractivity contribution in [2.24, 2.45) is 11.3 Å². The molecule has 0 radical (unpaired) electrons. The Bertz CT molecular complexity index is 879. The summed E-state index contributed by atoms with van der Waals surface area (Å²) in [6.45, 7) is 7.11. The molecule has 0 bridgehead atoms. The predicted octanol–water partition coefficient (Wildman–Crippen LogP) is 1.07. The van der Waals surface area contributed by atoms with Crippen LogP contribution >= 0.6 is 0 Å². The quantitative estimate of drug-likeness (QED) is 0.541. The minimum absolute atomic E-state index is 0.0279. The zero-order valence-electron chi connectivity index (χ0n) is 16.0. The average molecular weight is 374 g/mol. The Balaban J connectivity index is 1.71. The number of likely N-dealkylation sites (tertiary alicyclic amines) is 1. The molecular formula is C19H22N2O6. The molecule has 8 heteroatoms. The van der Waals surface area contributed by atoms with E-state index in [0.717, 1.165) is 0 Å². The summed E-state index contributed by atoms with van der Waals surface area (Å²) in [5.74, 6) is -1.60. The number of hydrogen-bond acceptors (Lipinski definition) is 7. The summed E-state index contributed by atoms with van der Waals surface area (Å²) in [6.07, 6.45) is 1.51. The van der Waals surface area contributed by atoms with E-state index in [1.807, 2.05) is 0 Å². The van der Waals surface area contributed by atoms with Crippen LogP contribution in [0.5, 0.6) is 0 Å². The van der Waals surface area contributed by atoms with Crippen LogP contribution in [0.25, 0.3) is 0 Å². The van der Waals surface area contributed by atoms with Gasteiger partial charge in [0, 0.05) is 29.3 Å². The number of hydrogen-bond donors (Lipinski definition) is 1. The number of nitrogens with zero attached hydrogens (tertiary/aromatic N) is 1. The SMILES string of the molecule is COC(=O)[C@]1(C)NC2=C(C1=O)[C@@]13C[C@@H]1CN(C(=O)OC(C)(C)C)C3=CC2=O. The second kappa shape index (κ2) is 4.99. The van der Waals surface area contributed by atoms with E-state index in [9.17, 15) is 19.2 Å². The fourth-order valence-corrected chi connectivity index (χ4v) is 4.44. The smallest absolute Gasteiger partial charge is 0.414 e. The van der Waals surface area contributed by atoms with Crippen molar-refractivity contribution < 1.29 is 28.7 Å². The fourth-order valence-electron chi connectivity index (χ4n) is 4.44. The molecule has 4 rings (SSSR count). The van der Waals surface area contributed by atoms with Crippen LogP contribution in [-0.2, 0) is 23.9 Å². The first-order valence-corrected chi connectivity index (χ1v) is 8.89. The van der Waals surface area contributed by atoms with E-state index in [0.29, 0.717) is 24.2 Å². The molecule has 1 spiro atoms. The number of methoxy groups -OCH3 is 1. The van der Waals surface area contributed by atoms with Crippen molar-refractivity contribution in [3.8, 4) is 0 Å². The molecule has 2 fully saturated rings. The van der Waals surface area contributed by atoms with Gasteiger partial charge in [0.2, 0.25) is 5.78 Å². The number of allylic oxidation sites excluding steroid dienone is 2. The minimum Gasteiger partial charge on any atom is -0.467 e. The zero-order chi connectivity index (χ0) is 19.9. The Kier molecular flexibility index (Phi) is 3.28. The highest BCUT2D eigenvalue weighted by Gasteiger charge is 2.73. The van der Waals surface area contributed by atoms with Gasteiger partial charge in [0.25, 0.3) is 0 Å². The van der Waals surface area contributed by atoms with Crippen LogP contribution < -0.4 is 5.32 Å². The standard InChI is InChI=1S/C19H22N2O6/c1-17(2,3)27-16(25)21-8-9-7-19(9)11(21)6-10(22)13-12(19)14(23)18(4,20-13)15(24)26-5/h6,9,20H,7-8H2,1-5H3/t9-,18-,19+/m1/s1. The number of ketones is 2. The first-order valence-electron chi connectivity index (χ1n) is 8.89. The van der Waals surface area contributed by atoms with Gasteiger partial charge in [-0.2, -0.15) is 0 Å². The highest BCUT2D eigenvalue weighted by Crippen LogP contribution is 2.70. The van der Waals surface area contributed by atoms with Gasteiger partial charge >= 0.3 is 12.1 Å². The van der Waals surface area contributed by atoms with Crippen molar-refractivity contribution in [2.45, 2.75) is 45.3 Å². The maximum absolute atomic E-state index is 13.2. The highest BCUT2D eigenvalue weighted by molar-refractivity contribution is 6.26. The number of nitrogens with one attached hydrogen (secondary N) is 1. The van der Waals surface area contributed by atoms with Crippen LogP contribution in [0, 0.1) is 11.3 Å². The van der Waals surface area contributed by atoms with E-state index in [1.54, 1.807) is 20.8 Å². The number of piperidine rings is 1. The molecule has 1 saturated carbocycles. The van der Waals surface area contributed by atoms with E-state index >= 15 is 0 Å².